The number of ether oxygens (including phenoxy) is 1. The summed E-state index contributed by atoms with van der Waals surface area (Å²) in [5, 5.41) is -0.121. The summed E-state index contributed by atoms with van der Waals surface area (Å²) in [6, 6.07) is 14.1. The lowest BCUT2D eigenvalue weighted by atomic mass is 10.2. The Morgan fingerprint density at radius 1 is 0.966 bits per heavy atom. The molecule has 4 rings (SSSR count). The minimum atomic E-state index is -3.86. The van der Waals surface area contributed by atoms with E-state index in [0.717, 1.165) is 5.56 Å². The molecule has 0 aliphatic carbocycles. The molecule has 0 atom stereocenters. The van der Waals surface area contributed by atoms with E-state index in [0.29, 0.717) is 26.3 Å². The van der Waals surface area contributed by atoms with Crippen molar-refractivity contribution in [1.82, 2.24) is 4.98 Å². The number of nitrogens with zero attached hydrogens (tertiary/aromatic N) is 2. The van der Waals surface area contributed by atoms with Crippen molar-refractivity contribution in [3.8, 4) is 0 Å². The monoisotopic (exact) mass is 414 g/mol. The van der Waals surface area contributed by atoms with Gasteiger partial charge in [-0.1, -0.05) is 30.3 Å². The van der Waals surface area contributed by atoms with Crippen molar-refractivity contribution in [3.63, 3.8) is 0 Å². The number of hydrogen-bond acceptors (Lipinski definition) is 6. The van der Waals surface area contributed by atoms with Crippen LogP contribution in [0.4, 0.5) is 10.3 Å². The Morgan fingerprint density at radius 3 is 2.34 bits per heavy atom. The van der Waals surface area contributed by atoms with E-state index in [-0.39, 0.29) is 27.5 Å². The first-order valence-corrected chi connectivity index (χ1v) is 10.6. The Balaban J connectivity index is 1.73. The number of oxazole rings is 1. The van der Waals surface area contributed by atoms with Crippen LogP contribution in [0, 0.1) is 5.82 Å². The molecule has 2 heterocycles. The van der Waals surface area contributed by atoms with Crippen molar-refractivity contribution in [2.24, 2.45) is 0 Å². The molecular weight excluding hydrogens is 395 g/mol. The molecule has 6 nitrogen and oxygen atoms in total. The Bertz CT molecular complexity index is 1100. The van der Waals surface area contributed by atoms with Crippen molar-refractivity contribution in [1.29, 1.82) is 0 Å². The lowest BCUT2D eigenvalue weighted by Gasteiger charge is -2.26. The molecule has 1 aliphatic rings. The van der Waals surface area contributed by atoms with Gasteiger partial charge in [0.25, 0.3) is 0 Å². The third kappa shape index (κ3) is 4.23. The van der Waals surface area contributed by atoms with Gasteiger partial charge < -0.3 is 14.1 Å². The highest BCUT2D eigenvalue weighted by molar-refractivity contribution is 7.91. The van der Waals surface area contributed by atoms with Gasteiger partial charge in [-0.3, -0.25) is 0 Å². The van der Waals surface area contributed by atoms with Crippen molar-refractivity contribution >= 4 is 27.9 Å². The minimum Gasteiger partial charge on any atom is -0.420 e. The van der Waals surface area contributed by atoms with Gasteiger partial charge >= 0.3 is 0 Å². The second-order valence-corrected chi connectivity index (χ2v) is 8.33. The molecule has 1 aromatic heterocycles. The predicted molar refractivity (Wildman–Crippen MR) is 107 cm³/mol. The van der Waals surface area contributed by atoms with Crippen molar-refractivity contribution in [2.75, 3.05) is 31.2 Å². The molecule has 0 unspecified atom stereocenters. The summed E-state index contributed by atoms with van der Waals surface area (Å²) in [6.45, 7) is 1.97. The number of halogens is 1. The maximum absolute atomic E-state index is 13.2. The van der Waals surface area contributed by atoms with Gasteiger partial charge in [-0.25, -0.2) is 12.8 Å². The van der Waals surface area contributed by atoms with Crippen molar-refractivity contribution in [2.45, 2.75) is 9.92 Å². The van der Waals surface area contributed by atoms with Crippen LogP contribution in [-0.4, -0.2) is 39.7 Å². The first-order chi connectivity index (χ1) is 14.0. The van der Waals surface area contributed by atoms with Gasteiger partial charge in [0.05, 0.1) is 18.1 Å². The summed E-state index contributed by atoms with van der Waals surface area (Å²) < 4.78 is 50.6. The Hall–Kier alpha value is -2.97. The summed E-state index contributed by atoms with van der Waals surface area (Å²) >= 11 is 0. The maximum atomic E-state index is 13.2. The highest BCUT2D eigenvalue weighted by Gasteiger charge is 2.31. The van der Waals surface area contributed by atoms with Crippen LogP contribution in [0.2, 0.25) is 0 Å². The van der Waals surface area contributed by atoms with E-state index >= 15 is 0 Å². The number of sulfone groups is 1. The number of rotatable bonds is 5. The Kier molecular flexibility index (Phi) is 5.46. The summed E-state index contributed by atoms with van der Waals surface area (Å²) in [6.07, 6.45) is 3.26. The summed E-state index contributed by atoms with van der Waals surface area (Å²) in [5.74, 6) is 0.0327. The lowest BCUT2D eigenvalue weighted by molar-refractivity contribution is 0.120. The average molecular weight is 414 g/mol. The Morgan fingerprint density at radius 2 is 1.66 bits per heavy atom. The van der Waals surface area contributed by atoms with Gasteiger partial charge in [0.1, 0.15) is 5.82 Å². The van der Waals surface area contributed by atoms with Crippen molar-refractivity contribution in [3.05, 3.63) is 71.9 Å². The molecule has 0 saturated carbocycles. The molecular formula is C21H19FN2O4S. The van der Waals surface area contributed by atoms with E-state index in [4.69, 9.17) is 9.15 Å². The number of hydrogen-bond donors (Lipinski definition) is 0. The van der Waals surface area contributed by atoms with Gasteiger partial charge in [0.15, 0.2) is 0 Å². The zero-order valence-electron chi connectivity index (χ0n) is 15.5. The third-order valence-corrected chi connectivity index (χ3v) is 6.16. The van der Waals surface area contributed by atoms with E-state index < -0.39 is 9.84 Å². The second kappa shape index (κ2) is 8.18. The topological polar surface area (TPSA) is 72.6 Å². The van der Waals surface area contributed by atoms with Gasteiger partial charge in [0, 0.05) is 19.2 Å². The average Bonchev–Trinajstić information content (AvgIpc) is 3.20. The van der Waals surface area contributed by atoms with Crippen LogP contribution >= 0.6 is 0 Å². The van der Waals surface area contributed by atoms with E-state index in [2.05, 4.69) is 4.98 Å². The fraction of sp³-hybridized carbons (Fsp3) is 0.190. The molecule has 0 amide bonds. The van der Waals surface area contributed by atoms with Crippen LogP contribution in [0.5, 0.6) is 0 Å². The summed E-state index contributed by atoms with van der Waals surface area (Å²) in [5.41, 5.74) is 0.741. The molecule has 1 saturated heterocycles. The number of anilines is 1. The molecule has 0 N–H and O–H groups in total. The van der Waals surface area contributed by atoms with E-state index in [1.165, 1.54) is 24.3 Å². The van der Waals surface area contributed by atoms with Crippen LogP contribution in [0.1, 0.15) is 11.5 Å². The first kappa shape index (κ1) is 19.4. The highest BCUT2D eigenvalue weighted by atomic mass is 32.2. The van der Waals surface area contributed by atoms with Gasteiger partial charge in [0.2, 0.25) is 26.6 Å². The van der Waals surface area contributed by atoms with E-state index in [9.17, 15) is 12.8 Å². The normalized spacial score (nSPS) is 15.1. The molecule has 29 heavy (non-hydrogen) atoms. The van der Waals surface area contributed by atoms with Gasteiger partial charge in [-0.15, -0.1) is 0 Å². The van der Waals surface area contributed by atoms with Crippen LogP contribution in [-0.2, 0) is 14.6 Å². The fourth-order valence-electron chi connectivity index (χ4n) is 2.98. The van der Waals surface area contributed by atoms with E-state index in [1.54, 1.807) is 42.5 Å². The molecule has 0 radical (unpaired) electrons. The molecule has 0 bridgehead atoms. The number of aromatic nitrogens is 1. The van der Waals surface area contributed by atoms with Gasteiger partial charge in [-0.2, -0.15) is 4.98 Å². The molecule has 2 aromatic carbocycles. The molecule has 3 aromatic rings. The highest BCUT2D eigenvalue weighted by Crippen LogP contribution is 2.32. The largest absolute Gasteiger partial charge is 0.420 e. The van der Waals surface area contributed by atoms with E-state index in [1.807, 2.05) is 4.90 Å². The van der Waals surface area contributed by atoms with Gasteiger partial charge in [-0.05, 0) is 35.9 Å². The minimum absolute atomic E-state index is 0.121. The van der Waals surface area contributed by atoms with Crippen molar-refractivity contribution < 1.29 is 22.0 Å². The first-order valence-electron chi connectivity index (χ1n) is 9.11. The molecule has 1 aliphatic heterocycles. The zero-order valence-corrected chi connectivity index (χ0v) is 16.3. The second-order valence-electron chi connectivity index (χ2n) is 6.46. The molecule has 1 fully saturated rings. The zero-order chi connectivity index (χ0) is 20.3. The quantitative estimate of drug-likeness (QED) is 0.635. The number of benzene rings is 2. The third-order valence-electron chi connectivity index (χ3n) is 4.49. The smallest absolute Gasteiger partial charge is 0.236 e. The lowest BCUT2D eigenvalue weighted by Crippen LogP contribution is -2.36. The summed E-state index contributed by atoms with van der Waals surface area (Å²) in [4.78, 5) is 6.24. The maximum Gasteiger partial charge on any atom is 0.236 e. The standard InChI is InChI=1S/C21H19FN2O4S/c22-17-9-6-16(7-10-17)8-11-19-23-20(21(28-19)24-12-14-27-15-13-24)29(25,26)18-4-2-1-3-5-18/h1-11H,12-15H2/b11-8+. The molecule has 8 heteroatoms. The SMILES string of the molecule is O=S(=O)(c1ccccc1)c1nc(/C=C/c2ccc(F)cc2)oc1N1CCOCC1. The molecule has 0 spiro atoms. The fourth-order valence-corrected chi connectivity index (χ4v) is 4.33. The number of morpholine rings is 1. The predicted octanol–water partition coefficient (Wildman–Crippen LogP) is 3.65. The van der Waals surface area contributed by atoms with Crippen LogP contribution in [0.25, 0.3) is 12.2 Å². The van der Waals surface area contributed by atoms with Crippen LogP contribution in [0.3, 0.4) is 0 Å². The Labute approximate surface area is 168 Å². The van der Waals surface area contributed by atoms with Crippen LogP contribution < -0.4 is 4.90 Å². The summed E-state index contributed by atoms with van der Waals surface area (Å²) in [7, 11) is -3.86. The van der Waals surface area contributed by atoms with Crippen LogP contribution in [0.15, 0.2) is 68.9 Å². The molecule has 150 valence electrons.